The molecule has 2 aromatic heterocycles. The molecule has 0 unspecified atom stereocenters. The second-order valence-electron chi connectivity index (χ2n) is 7.03. The maximum Gasteiger partial charge on any atom is 0.271 e. The van der Waals surface area contributed by atoms with E-state index in [1.54, 1.807) is 36.4 Å². The Bertz CT molecular complexity index is 1550. The molecule has 7 heteroatoms. The Kier molecular flexibility index (Phi) is 4.41. The van der Waals surface area contributed by atoms with E-state index in [-0.39, 0.29) is 11.2 Å². The second kappa shape index (κ2) is 7.38. The Morgan fingerprint density at radius 1 is 0.935 bits per heavy atom. The number of nitro benzene ring substituents is 1. The molecule has 0 saturated heterocycles. The molecule has 0 aliphatic carbocycles. The minimum Gasteiger partial charge on any atom is -0.361 e. The number of benzene rings is 3. The average Bonchev–Trinajstić information content (AvgIpc) is 3.21. The molecule has 7 nitrogen and oxygen atoms in total. The lowest BCUT2D eigenvalue weighted by Gasteiger charge is -2.11. The standard InChI is InChI=1S/C24H16N4O3/c29-24-20-9-2-4-11-22(20)26-23(27(24)17-6-5-7-18(14-17)28(30)31)13-12-16-15-25-21-10-3-1-8-19(16)21/h1-15,25H. The third-order valence-electron chi connectivity index (χ3n) is 5.13. The van der Waals surface area contributed by atoms with E-state index in [2.05, 4.69) is 9.97 Å². The zero-order valence-corrected chi connectivity index (χ0v) is 16.2. The fourth-order valence-corrected chi connectivity index (χ4v) is 3.65. The van der Waals surface area contributed by atoms with Crippen molar-refractivity contribution < 1.29 is 4.92 Å². The molecule has 0 saturated carbocycles. The predicted molar refractivity (Wildman–Crippen MR) is 121 cm³/mol. The zero-order valence-electron chi connectivity index (χ0n) is 16.2. The molecule has 0 bridgehead atoms. The van der Waals surface area contributed by atoms with Crippen LogP contribution in [0, 0.1) is 10.1 Å². The van der Waals surface area contributed by atoms with Gasteiger partial charge in [-0.25, -0.2) is 4.98 Å². The molecular formula is C24H16N4O3. The van der Waals surface area contributed by atoms with Gasteiger partial charge in [-0.2, -0.15) is 0 Å². The first-order valence-corrected chi connectivity index (χ1v) is 9.63. The lowest BCUT2D eigenvalue weighted by atomic mass is 10.1. The van der Waals surface area contributed by atoms with Crippen LogP contribution in [0.1, 0.15) is 11.4 Å². The van der Waals surface area contributed by atoms with Gasteiger partial charge in [0, 0.05) is 29.2 Å². The first-order valence-electron chi connectivity index (χ1n) is 9.63. The van der Waals surface area contributed by atoms with Crippen LogP contribution in [0.15, 0.2) is 83.8 Å². The minimum absolute atomic E-state index is 0.0934. The van der Waals surface area contributed by atoms with Crippen molar-refractivity contribution in [1.82, 2.24) is 14.5 Å². The van der Waals surface area contributed by atoms with Gasteiger partial charge in [-0.3, -0.25) is 19.5 Å². The third kappa shape index (κ3) is 3.28. The number of non-ortho nitro benzene ring substituents is 1. The molecule has 5 rings (SSSR count). The molecule has 0 radical (unpaired) electrons. The number of para-hydroxylation sites is 2. The van der Waals surface area contributed by atoms with Crippen LogP contribution in [0.5, 0.6) is 0 Å². The second-order valence-corrected chi connectivity index (χ2v) is 7.03. The van der Waals surface area contributed by atoms with Crippen molar-refractivity contribution in [3.05, 3.63) is 111 Å². The molecular weight excluding hydrogens is 392 g/mol. The van der Waals surface area contributed by atoms with Crippen molar-refractivity contribution >= 4 is 39.6 Å². The Labute approximate surface area is 176 Å². The molecule has 31 heavy (non-hydrogen) atoms. The van der Waals surface area contributed by atoms with Gasteiger partial charge in [-0.1, -0.05) is 36.4 Å². The number of fused-ring (bicyclic) bond motifs is 2. The maximum absolute atomic E-state index is 13.3. The number of H-pyrrole nitrogens is 1. The average molecular weight is 408 g/mol. The molecule has 0 aliphatic rings. The van der Waals surface area contributed by atoms with Crippen LogP contribution in [0.25, 0.3) is 39.6 Å². The fraction of sp³-hybridized carbons (Fsp3) is 0. The summed E-state index contributed by atoms with van der Waals surface area (Å²) in [6.45, 7) is 0. The van der Waals surface area contributed by atoms with Crippen LogP contribution in [-0.4, -0.2) is 19.5 Å². The SMILES string of the molecule is O=c1c2ccccc2nc(C=Cc2c[nH]c3ccccc23)n1-c1cccc([N+](=O)[O-])c1. The summed E-state index contributed by atoms with van der Waals surface area (Å²) in [5.41, 5.74) is 2.52. The number of aromatic amines is 1. The van der Waals surface area contributed by atoms with E-state index in [9.17, 15) is 14.9 Å². The molecule has 0 fully saturated rings. The molecule has 0 aliphatic heterocycles. The molecule has 150 valence electrons. The van der Waals surface area contributed by atoms with E-state index in [1.165, 1.54) is 16.7 Å². The highest BCUT2D eigenvalue weighted by atomic mass is 16.6. The van der Waals surface area contributed by atoms with Gasteiger partial charge < -0.3 is 4.98 Å². The first kappa shape index (κ1) is 18.5. The highest BCUT2D eigenvalue weighted by Crippen LogP contribution is 2.22. The number of hydrogen-bond acceptors (Lipinski definition) is 4. The van der Waals surface area contributed by atoms with Crippen LogP contribution >= 0.6 is 0 Å². The number of nitrogens with one attached hydrogen (secondary N) is 1. The zero-order chi connectivity index (χ0) is 21.4. The quantitative estimate of drug-likeness (QED) is 0.336. The van der Waals surface area contributed by atoms with E-state index in [0.717, 1.165) is 16.5 Å². The lowest BCUT2D eigenvalue weighted by Crippen LogP contribution is -2.22. The van der Waals surface area contributed by atoms with Crippen molar-refractivity contribution in [1.29, 1.82) is 0 Å². The highest BCUT2D eigenvalue weighted by Gasteiger charge is 2.14. The monoisotopic (exact) mass is 408 g/mol. The summed E-state index contributed by atoms with van der Waals surface area (Å²) in [5, 5.41) is 12.7. The topological polar surface area (TPSA) is 93.8 Å². The van der Waals surface area contributed by atoms with Crippen molar-refractivity contribution in [3.8, 4) is 5.69 Å². The summed E-state index contributed by atoms with van der Waals surface area (Å²) in [5.74, 6) is 0.384. The summed E-state index contributed by atoms with van der Waals surface area (Å²) in [4.78, 5) is 32.0. The van der Waals surface area contributed by atoms with Crippen LogP contribution in [-0.2, 0) is 0 Å². The van der Waals surface area contributed by atoms with Gasteiger partial charge in [-0.15, -0.1) is 0 Å². The Morgan fingerprint density at radius 2 is 1.71 bits per heavy atom. The maximum atomic E-state index is 13.3. The molecule has 0 atom stereocenters. The van der Waals surface area contributed by atoms with E-state index < -0.39 is 4.92 Å². The van der Waals surface area contributed by atoms with Gasteiger partial charge >= 0.3 is 0 Å². The van der Waals surface area contributed by atoms with Crippen molar-refractivity contribution in [2.24, 2.45) is 0 Å². The summed E-state index contributed by atoms with van der Waals surface area (Å²) in [7, 11) is 0. The molecule has 5 aromatic rings. The normalized spacial score (nSPS) is 11.5. The number of nitro groups is 1. The van der Waals surface area contributed by atoms with Crippen LogP contribution in [0.2, 0.25) is 0 Å². The summed E-state index contributed by atoms with van der Waals surface area (Å²) >= 11 is 0. The summed E-state index contributed by atoms with van der Waals surface area (Å²) in [6.07, 6.45) is 5.52. The fourth-order valence-electron chi connectivity index (χ4n) is 3.65. The van der Waals surface area contributed by atoms with E-state index >= 15 is 0 Å². The smallest absolute Gasteiger partial charge is 0.271 e. The van der Waals surface area contributed by atoms with Gasteiger partial charge in [0.05, 0.1) is 21.5 Å². The molecule has 0 amide bonds. The number of nitrogens with zero attached hydrogens (tertiary/aromatic N) is 3. The first-order chi connectivity index (χ1) is 15.1. The molecule has 3 aromatic carbocycles. The minimum atomic E-state index is -0.482. The van der Waals surface area contributed by atoms with Gasteiger partial charge in [0.25, 0.3) is 11.2 Å². The van der Waals surface area contributed by atoms with Crippen molar-refractivity contribution in [2.75, 3.05) is 0 Å². The Hall–Kier alpha value is -4.52. The number of aromatic nitrogens is 3. The highest BCUT2D eigenvalue weighted by molar-refractivity contribution is 5.91. The Balaban J connectivity index is 1.73. The van der Waals surface area contributed by atoms with Crippen LogP contribution in [0.3, 0.4) is 0 Å². The van der Waals surface area contributed by atoms with Crippen LogP contribution < -0.4 is 5.56 Å². The van der Waals surface area contributed by atoms with E-state index in [0.29, 0.717) is 22.4 Å². The van der Waals surface area contributed by atoms with Crippen molar-refractivity contribution in [2.45, 2.75) is 0 Å². The van der Waals surface area contributed by atoms with Gasteiger partial charge in [0.2, 0.25) is 0 Å². The van der Waals surface area contributed by atoms with Crippen LogP contribution in [0.4, 0.5) is 5.69 Å². The van der Waals surface area contributed by atoms with E-state index in [1.807, 2.05) is 42.6 Å². The predicted octanol–water partition coefficient (Wildman–Crippen LogP) is 4.95. The summed E-state index contributed by atoms with van der Waals surface area (Å²) in [6, 6.07) is 21.0. The van der Waals surface area contributed by atoms with Gasteiger partial charge in [0.15, 0.2) is 0 Å². The Morgan fingerprint density at radius 3 is 2.55 bits per heavy atom. The van der Waals surface area contributed by atoms with E-state index in [4.69, 9.17) is 0 Å². The molecule has 0 spiro atoms. The number of rotatable bonds is 4. The van der Waals surface area contributed by atoms with Crippen molar-refractivity contribution in [3.63, 3.8) is 0 Å². The molecule has 2 heterocycles. The third-order valence-corrected chi connectivity index (χ3v) is 5.13. The summed E-state index contributed by atoms with van der Waals surface area (Å²) < 4.78 is 1.40. The lowest BCUT2D eigenvalue weighted by molar-refractivity contribution is -0.384. The largest absolute Gasteiger partial charge is 0.361 e. The van der Waals surface area contributed by atoms with Gasteiger partial charge in [0.1, 0.15) is 5.82 Å². The molecule has 1 N–H and O–H groups in total. The number of hydrogen-bond donors (Lipinski definition) is 1. The van der Waals surface area contributed by atoms with Gasteiger partial charge in [-0.05, 0) is 42.0 Å².